The number of hydrogen-bond donors (Lipinski definition) is 1. The monoisotopic (exact) mass is 233 g/mol. The lowest BCUT2D eigenvalue weighted by molar-refractivity contribution is 0.319. The summed E-state index contributed by atoms with van der Waals surface area (Å²) in [5, 5.41) is 12.8. The normalized spacial score (nSPS) is 11.8. The number of nitrogens with zero attached hydrogens (tertiary/aromatic N) is 3. The first-order valence-corrected chi connectivity index (χ1v) is 5.61. The molecule has 0 radical (unpaired) electrons. The Morgan fingerprint density at radius 1 is 1.50 bits per heavy atom. The molecule has 2 aromatic heterocycles. The SMILES string of the molecule is CC(=NO)c1sc(-c2cccnc2)nc1C. The lowest BCUT2D eigenvalue weighted by atomic mass is 10.3. The predicted molar refractivity (Wildman–Crippen MR) is 64.1 cm³/mol. The third kappa shape index (κ3) is 1.94. The quantitative estimate of drug-likeness (QED) is 0.493. The van der Waals surface area contributed by atoms with Crippen molar-refractivity contribution < 1.29 is 5.21 Å². The maximum atomic E-state index is 8.75. The summed E-state index contributed by atoms with van der Waals surface area (Å²) >= 11 is 1.50. The predicted octanol–water partition coefficient (Wildman–Crippen LogP) is 2.71. The highest BCUT2D eigenvalue weighted by atomic mass is 32.1. The van der Waals surface area contributed by atoms with Gasteiger partial charge >= 0.3 is 0 Å². The van der Waals surface area contributed by atoms with E-state index < -0.39 is 0 Å². The van der Waals surface area contributed by atoms with Crippen LogP contribution in [0.3, 0.4) is 0 Å². The van der Waals surface area contributed by atoms with E-state index in [1.165, 1.54) is 11.3 Å². The zero-order valence-corrected chi connectivity index (χ0v) is 9.82. The summed E-state index contributed by atoms with van der Waals surface area (Å²) in [6.07, 6.45) is 3.50. The number of rotatable bonds is 2. The van der Waals surface area contributed by atoms with Gasteiger partial charge in [0, 0.05) is 18.0 Å². The Labute approximate surface area is 97.3 Å². The summed E-state index contributed by atoms with van der Waals surface area (Å²) in [4.78, 5) is 9.39. The molecule has 0 aliphatic rings. The molecule has 0 unspecified atom stereocenters. The van der Waals surface area contributed by atoms with Gasteiger partial charge in [-0.2, -0.15) is 0 Å². The van der Waals surface area contributed by atoms with E-state index in [0.717, 1.165) is 21.1 Å². The van der Waals surface area contributed by atoms with Crippen LogP contribution in [0.4, 0.5) is 0 Å². The Morgan fingerprint density at radius 2 is 2.31 bits per heavy atom. The van der Waals surface area contributed by atoms with Gasteiger partial charge < -0.3 is 5.21 Å². The number of hydrogen-bond acceptors (Lipinski definition) is 5. The molecule has 0 aliphatic heterocycles. The van der Waals surface area contributed by atoms with E-state index in [2.05, 4.69) is 15.1 Å². The van der Waals surface area contributed by atoms with Crippen molar-refractivity contribution in [2.24, 2.45) is 5.16 Å². The summed E-state index contributed by atoms with van der Waals surface area (Å²) in [7, 11) is 0. The molecule has 2 heterocycles. The lowest BCUT2D eigenvalue weighted by Crippen LogP contribution is -1.92. The number of oxime groups is 1. The fourth-order valence-corrected chi connectivity index (χ4v) is 2.39. The summed E-state index contributed by atoms with van der Waals surface area (Å²) in [5.41, 5.74) is 2.44. The fraction of sp³-hybridized carbons (Fsp3) is 0.182. The molecule has 2 rings (SSSR count). The Kier molecular flexibility index (Phi) is 2.96. The van der Waals surface area contributed by atoms with E-state index in [0.29, 0.717) is 5.71 Å². The van der Waals surface area contributed by atoms with Gasteiger partial charge in [-0.1, -0.05) is 5.16 Å². The minimum Gasteiger partial charge on any atom is -0.411 e. The van der Waals surface area contributed by atoms with Crippen LogP contribution in [0.5, 0.6) is 0 Å². The molecule has 0 amide bonds. The van der Waals surface area contributed by atoms with Crippen LogP contribution in [0.1, 0.15) is 17.5 Å². The zero-order valence-electron chi connectivity index (χ0n) is 9.01. The smallest absolute Gasteiger partial charge is 0.125 e. The van der Waals surface area contributed by atoms with Crippen LogP contribution in [0.25, 0.3) is 10.6 Å². The van der Waals surface area contributed by atoms with Gasteiger partial charge in [0.25, 0.3) is 0 Å². The molecule has 0 spiro atoms. The van der Waals surface area contributed by atoms with Gasteiger partial charge in [0.15, 0.2) is 0 Å². The Bertz CT molecular complexity index is 519. The molecule has 0 aromatic carbocycles. The van der Waals surface area contributed by atoms with Crippen LogP contribution >= 0.6 is 11.3 Å². The van der Waals surface area contributed by atoms with E-state index in [9.17, 15) is 0 Å². The van der Waals surface area contributed by atoms with Gasteiger partial charge in [-0.05, 0) is 26.0 Å². The molecule has 82 valence electrons. The van der Waals surface area contributed by atoms with Crippen molar-refractivity contribution in [3.8, 4) is 10.6 Å². The van der Waals surface area contributed by atoms with Crippen molar-refractivity contribution in [1.29, 1.82) is 0 Å². The fourth-order valence-electron chi connectivity index (χ4n) is 1.39. The maximum Gasteiger partial charge on any atom is 0.125 e. The molecular weight excluding hydrogens is 222 g/mol. The molecule has 16 heavy (non-hydrogen) atoms. The first-order chi connectivity index (χ1) is 7.72. The highest BCUT2D eigenvalue weighted by Crippen LogP contribution is 2.27. The number of thiazole rings is 1. The molecular formula is C11H11N3OS. The molecule has 4 nitrogen and oxygen atoms in total. The highest BCUT2D eigenvalue weighted by molar-refractivity contribution is 7.17. The van der Waals surface area contributed by atoms with E-state index in [-0.39, 0.29) is 0 Å². The minimum absolute atomic E-state index is 0.588. The van der Waals surface area contributed by atoms with Crippen molar-refractivity contribution in [1.82, 2.24) is 9.97 Å². The van der Waals surface area contributed by atoms with Crippen LogP contribution in [0.2, 0.25) is 0 Å². The first-order valence-electron chi connectivity index (χ1n) is 4.79. The topological polar surface area (TPSA) is 58.4 Å². The average Bonchev–Trinajstić information content (AvgIpc) is 2.71. The van der Waals surface area contributed by atoms with E-state index in [4.69, 9.17) is 5.21 Å². The zero-order chi connectivity index (χ0) is 11.5. The Balaban J connectivity index is 2.46. The molecule has 0 aliphatic carbocycles. The molecule has 0 atom stereocenters. The average molecular weight is 233 g/mol. The molecule has 0 saturated carbocycles. The molecule has 0 saturated heterocycles. The second kappa shape index (κ2) is 4.40. The van der Waals surface area contributed by atoms with Crippen LogP contribution in [0.15, 0.2) is 29.7 Å². The Morgan fingerprint density at radius 3 is 2.94 bits per heavy atom. The van der Waals surface area contributed by atoms with Gasteiger partial charge in [0.2, 0.25) is 0 Å². The van der Waals surface area contributed by atoms with Gasteiger partial charge in [0.1, 0.15) is 5.01 Å². The molecule has 0 fully saturated rings. The van der Waals surface area contributed by atoms with Gasteiger partial charge in [0.05, 0.1) is 16.3 Å². The third-order valence-electron chi connectivity index (χ3n) is 2.18. The van der Waals surface area contributed by atoms with E-state index >= 15 is 0 Å². The molecule has 1 N–H and O–H groups in total. The maximum absolute atomic E-state index is 8.75. The summed E-state index contributed by atoms with van der Waals surface area (Å²) in [6.45, 7) is 3.66. The van der Waals surface area contributed by atoms with Crippen LogP contribution < -0.4 is 0 Å². The minimum atomic E-state index is 0.588. The van der Waals surface area contributed by atoms with Crippen LogP contribution in [-0.2, 0) is 0 Å². The lowest BCUT2D eigenvalue weighted by Gasteiger charge is -1.92. The van der Waals surface area contributed by atoms with Crippen molar-refractivity contribution >= 4 is 17.0 Å². The number of pyridine rings is 1. The van der Waals surface area contributed by atoms with Gasteiger partial charge in [-0.25, -0.2) is 4.98 Å². The summed E-state index contributed by atoms with van der Waals surface area (Å²) in [6, 6.07) is 3.83. The van der Waals surface area contributed by atoms with Crippen molar-refractivity contribution in [3.05, 3.63) is 35.1 Å². The largest absolute Gasteiger partial charge is 0.411 e. The third-order valence-corrected chi connectivity index (χ3v) is 3.50. The summed E-state index contributed by atoms with van der Waals surface area (Å²) < 4.78 is 0. The Hall–Kier alpha value is -1.75. The van der Waals surface area contributed by atoms with Gasteiger partial charge in [-0.3, -0.25) is 4.98 Å². The van der Waals surface area contributed by atoms with Crippen LogP contribution in [0, 0.1) is 6.92 Å². The molecule has 2 aromatic rings. The van der Waals surface area contributed by atoms with Crippen LogP contribution in [-0.4, -0.2) is 20.9 Å². The van der Waals surface area contributed by atoms with Crippen molar-refractivity contribution in [2.45, 2.75) is 13.8 Å². The van der Waals surface area contributed by atoms with E-state index in [1.807, 2.05) is 19.1 Å². The van der Waals surface area contributed by atoms with Gasteiger partial charge in [-0.15, -0.1) is 11.3 Å². The van der Waals surface area contributed by atoms with Crippen molar-refractivity contribution in [2.75, 3.05) is 0 Å². The second-order valence-corrected chi connectivity index (χ2v) is 4.36. The van der Waals surface area contributed by atoms with E-state index in [1.54, 1.807) is 19.3 Å². The number of aryl methyl sites for hydroxylation is 1. The number of aromatic nitrogens is 2. The molecule has 0 bridgehead atoms. The first kappa shape index (κ1) is 10.8. The van der Waals surface area contributed by atoms with Crippen molar-refractivity contribution in [3.63, 3.8) is 0 Å². The summed E-state index contributed by atoms with van der Waals surface area (Å²) in [5.74, 6) is 0. The standard InChI is InChI=1S/C11H11N3OS/c1-7-10(8(2)14-15)16-11(13-7)9-4-3-5-12-6-9/h3-6,15H,1-2H3. The second-order valence-electron chi connectivity index (χ2n) is 3.36. The molecule has 5 heteroatoms. The highest BCUT2D eigenvalue weighted by Gasteiger charge is 2.11.